The predicted molar refractivity (Wildman–Crippen MR) is 85.0 cm³/mol. The summed E-state index contributed by atoms with van der Waals surface area (Å²) in [5.41, 5.74) is 8.40. The van der Waals surface area contributed by atoms with Crippen molar-refractivity contribution in [2.24, 2.45) is 0 Å². The van der Waals surface area contributed by atoms with Gasteiger partial charge in [0.05, 0.1) is 11.1 Å². The first-order valence-corrected chi connectivity index (χ1v) is 8.19. The first-order valence-electron chi connectivity index (χ1n) is 7.37. The Morgan fingerprint density at radius 2 is 2.14 bits per heavy atom. The van der Waals surface area contributed by atoms with Gasteiger partial charge in [-0.05, 0) is 38.2 Å². The highest BCUT2D eigenvalue weighted by Crippen LogP contribution is 2.31. The van der Waals surface area contributed by atoms with Crippen LogP contribution in [0.5, 0.6) is 0 Å². The molecule has 0 aliphatic heterocycles. The molecule has 0 aromatic carbocycles. The van der Waals surface area contributed by atoms with Gasteiger partial charge in [-0.25, -0.2) is 9.97 Å². The average Bonchev–Trinajstić information content (AvgIpc) is 3.09. The third-order valence-electron chi connectivity index (χ3n) is 4.05. The number of thiophene rings is 1. The van der Waals surface area contributed by atoms with E-state index in [1.54, 1.807) is 11.3 Å². The Balaban J connectivity index is 1.97. The Kier molecular flexibility index (Phi) is 2.92. The highest BCUT2D eigenvalue weighted by Gasteiger charge is 2.19. The van der Waals surface area contributed by atoms with E-state index in [1.807, 2.05) is 6.33 Å². The second-order valence-electron chi connectivity index (χ2n) is 5.41. The van der Waals surface area contributed by atoms with Crippen LogP contribution in [0.25, 0.3) is 16.0 Å². The Bertz CT molecular complexity index is 817. The fraction of sp³-hybridized carbons (Fsp3) is 0.400. The maximum Gasteiger partial charge on any atom is 0.223 e. The predicted octanol–water partition coefficient (Wildman–Crippen LogP) is 2.90. The molecule has 0 spiro atoms. The van der Waals surface area contributed by atoms with Crippen molar-refractivity contribution < 1.29 is 0 Å². The molecule has 5 nitrogen and oxygen atoms in total. The number of rotatable bonds is 2. The lowest BCUT2D eigenvalue weighted by atomic mass is 10.0. The van der Waals surface area contributed by atoms with Gasteiger partial charge in [-0.1, -0.05) is 6.92 Å². The molecule has 1 aliphatic carbocycles. The number of nitrogens with two attached hydrogens (primary N) is 1. The second-order valence-corrected chi connectivity index (χ2v) is 6.52. The number of anilines is 1. The number of hydrogen-bond acceptors (Lipinski definition) is 5. The Morgan fingerprint density at radius 3 is 3.00 bits per heavy atom. The molecule has 108 valence electrons. The third kappa shape index (κ3) is 2.01. The van der Waals surface area contributed by atoms with Crippen molar-refractivity contribution in [2.45, 2.75) is 39.0 Å². The summed E-state index contributed by atoms with van der Waals surface area (Å²) in [5.74, 6) is 1.21. The Hall–Kier alpha value is -1.95. The van der Waals surface area contributed by atoms with Gasteiger partial charge in [0.15, 0.2) is 5.82 Å². The van der Waals surface area contributed by atoms with Crippen LogP contribution in [0.4, 0.5) is 5.95 Å². The van der Waals surface area contributed by atoms with Crippen LogP contribution in [0, 0.1) is 0 Å². The van der Waals surface area contributed by atoms with Crippen LogP contribution in [0.15, 0.2) is 12.4 Å². The van der Waals surface area contributed by atoms with Crippen LogP contribution in [0.1, 0.15) is 36.0 Å². The number of fused-ring (bicyclic) bond motifs is 2. The SMILES string of the molecule is CCc1cc2c(-n3cnc4c3CCCC4)nc(N)nc2s1. The lowest BCUT2D eigenvalue weighted by Gasteiger charge is -2.14. The van der Waals surface area contributed by atoms with E-state index >= 15 is 0 Å². The summed E-state index contributed by atoms with van der Waals surface area (Å²) in [6.07, 6.45) is 7.46. The van der Waals surface area contributed by atoms with E-state index in [1.165, 1.54) is 29.1 Å². The monoisotopic (exact) mass is 299 g/mol. The van der Waals surface area contributed by atoms with E-state index in [0.717, 1.165) is 35.3 Å². The quantitative estimate of drug-likeness (QED) is 0.790. The lowest BCUT2D eigenvalue weighted by Crippen LogP contribution is -2.09. The highest BCUT2D eigenvalue weighted by molar-refractivity contribution is 7.18. The summed E-state index contributed by atoms with van der Waals surface area (Å²) in [5, 5.41) is 1.08. The molecule has 0 saturated carbocycles. The van der Waals surface area contributed by atoms with Crippen LogP contribution in [0.2, 0.25) is 0 Å². The van der Waals surface area contributed by atoms with E-state index in [-0.39, 0.29) is 0 Å². The van der Waals surface area contributed by atoms with Gasteiger partial charge in [-0.15, -0.1) is 11.3 Å². The zero-order valence-corrected chi connectivity index (χ0v) is 12.8. The molecule has 0 bridgehead atoms. The lowest BCUT2D eigenvalue weighted by molar-refractivity contribution is 0.654. The van der Waals surface area contributed by atoms with E-state index < -0.39 is 0 Å². The molecule has 21 heavy (non-hydrogen) atoms. The fourth-order valence-electron chi connectivity index (χ4n) is 2.98. The summed E-state index contributed by atoms with van der Waals surface area (Å²) in [4.78, 5) is 15.7. The molecule has 1 aliphatic rings. The molecule has 3 aromatic rings. The van der Waals surface area contributed by atoms with Crippen molar-refractivity contribution >= 4 is 27.5 Å². The highest BCUT2D eigenvalue weighted by atomic mass is 32.1. The number of hydrogen-bond donors (Lipinski definition) is 1. The number of imidazole rings is 1. The molecule has 0 atom stereocenters. The zero-order chi connectivity index (χ0) is 14.4. The van der Waals surface area contributed by atoms with Crippen molar-refractivity contribution in [3.05, 3.63) is 28.7 Å². The molecule has 0 saturated heterocycles. The summed E-state index contributed by atoms with van der Waals surface area (Å²) in [6, 6.07) is 2.18. The molecule has 0 amide bonds. The van der Waals surface area contributed by atoms with Gasteiger partial charge in [0.25, 0.3) is 0 Å². The van der Waals surface area contributed by atoms with Crippen LogP contribution in [0.3, 0.4) is 0 Å². The summed E-state index contributed by atoms with van der Waals surface area (Å²) < 4.78 is 2.11. The van der Waals surface area contributed by atoms with Crippen molar-refractivity contribution in [1.29, 1.82) is 0 Å². The topological polar surface area (TPSA) is 69.6 Å². The average molecular weight is 299 g/mol. The molecule has 0 unspecified atom stereocenters. The smallest absolute Gasteiger partial charge is 0.223 e. The van der Waals surface area contributed by atoms with E-state index in [2.05, 4.69) is 32.5 Å². The minimum Gasteiger partial charge on any atom is -0.368 e. The van der Waals surface area contributed by atoms with Crippen molar-refractivity contribution in [3.63, 3.8) is 0 Å². The van der Waals surface area contributed by atoms with Crippen molar-refractivity contribution in [1.82, 2.24) is 19.5 Å². The molecule has 4 rings (SSSR count). The Morgan fingerprint density at radius 1 is 1.29 bits per heavy atom. The maximum atomic E-state index is 5.91. The number of nitrogens with zero attached hydrogens (tertiary/aromatic N) is 4. The summed E-state index contributed by atoms with van der Waals surface area (Å²) in [6.45, 7) is 2.15. The minimum absolute atomic E-state index is 0.334. The van der Waals surface area contributed by atoms with Crippen LogP contribution < -0.4 is 5.73 Å². The van der Waals surface area contributed by atoms with E-state index in [4.69, 9.17) is 5.73 Å². The van der Waals surface area contributed by atoms with Crippen LogP contribution in [-0.4, -0.2) is 19.5 Å². The van der Waals surface area contributed by atoms with Gasteiger partial charge >= 0.3 is 0 Å². The van der Waals surface area contributed by atoms with Gasteiger partial charge in [-0.3, -0.25) is 4.57 Å². The first-order chi connectivity index (χ1) is 10.3. The standard InChI is InChI=1S/C15H17N5S/c1-2-9-7-10-13(18-15(16)19-14(10)21-9)20-8-17-11-5-3-4-6-12(11)20/h7-8H,2-6H2,1H3,(H2,16,18,19). The zero-order valence-electron chi connectivity index (χ0n) is 12.0. The van der Waals surface area contributed by atoms with Gasteiger partial charge in [0, 0.05) is 10.6 Å². The number of aromatic nitrogens is 4. The molecular weight excluding hydrogens is 282 g/mol. The van der Waals surface area contributed by atoms with E-state index in [9.17, 15) is 0 Å². The van der Waals surface area contributed by atoms with Gasteiger partial charge in [-0.2, -0.15) is 4.98 Å². The van der Waals surface area contributed by atoms with Crippen molar-refractivity contribution in [2.75, 3.05) is 5.73 Å². The molecule has 0 fully saturated rings. The van der Waals surface area contributed by atoms with Gasteiger partial charge < -0.3 is 5.73 Å². The van der Waals surface area contributed by atoms with Crippen LogP contribution >= 0.6 is 11.3 Å². The third-order valence-corrected chi connectivity index (χ3v) is 5.22. The fourth-order valence-corrected chi connectivity index (χ4v) is 3.95. The minimum atomic E-state index is 0.334. The molecular formula is C15H17N5S. The normalized spacial score (nSPS) is 14.5. The summed E-state index contributed by atoms with van der Waals surface area (Å²) >= 11 is 1.70. The number of aryl methyl sites for hydroxylation is 2. The summed E-state index contributed by atoms with van der Waals surface area (Å²) in [7, 11) is 0. The van der Waals surface area contributed by atoms with Crippen molar-refractivity contribution in [3.8, 4) is 5.82 Å². The maximum absolute atomic E-state index is 5.91. The Labute approximate surface area is 126 Å². The molecule has 0 radical (unpaired) electrons. The largest absolute Gasteiger partial charge is 0.368 e. The molecule has 3 heterocycles. The van der Waals surface area contributed by atoms with Crippen LogP contribution in [-0.2, 0) is 19.3 Å². The van der Waals surface area contributed by atoms with E-state index in [0.29, 0.717) is 5.95 Å². The van der Waals surface area contributed by atoms with Gasteiger partial charge in [0.1, 0.15) is 11.2 Å². The second kappa shape index (κ2) is 4.80. The number of nitrogen functional groups attached to an aromatic ring is 1. The molecule has 3 aromatic heterocycles. The molecule has 6 heteroatoms. The van der Waals surface area contributed by atoms with Gasteiger partial charge in [0.2, 0.25) is 5.95 Å². The first kappa shape index (κ1) is 12.8. The molecule has 2 N–H and O–H groups in total.